The lowest BCUT2D eigenvalue weighted by molar-refractivity contribution is -0.161. The number of aliphatic hydroxyl groups is 1. The molecular formula is C86H168O17P2. The third kappa shape index (κ3) is 77.2. The largest absolute Gasteiger partial charge is 0.472 e. The molecule has 0 radical (unpaired) electrons. The Labute approximate surface area is 645 Å². The monoisotopic (exact) mass is 1540 g/mol. The standard InChI is InChI=1S/C86H168O17P2/c1-9-78(7)64-56-48-40-34-28-24-20-16-12-14-17-21-25-29-35-41-50-58-66-83(88)96-72-81(102-86(91)69-61-53-43-37-31-33-39-47-55-63-77(5)6)74-100-104(92,93)98-70-80(87)71-99-105(94,95)101-75-82(73-97-84(89)67-59-51-45-44-49-57-65-79(8)10-2)103-85(90)68-60-52-42-36-30-26-22-18-13-11-15-19-23-27-32-38-46-54-62-76(3)4/h76-82,87H,9-75H2,1-8H3,(H,92,93)(H,94,95)/t78?,79?,80-,81-,82-/m1/s1. The van der Waals surface area contributed by atoms with Crippen LogP contribution in [-0.2, 0) is 65.4 Å². The molecule has 0 aromatic carbocycles. The Morgan fingerprint density at radius 1 is 0.267 bits per heavy atom. The van der Waals surface area contributed by atoms with E-state index in [9.17, 15) is 43.2 Å². The highest BCUT2D eigenvalue weighted by Gasteiger charge is 2.31. The second-order valence-electron chi connectivity index (χ2n) is 32.4. The van der Waals surface area contributed by atoms with Crippen LogP contribution in [0.25, 0.3) is 0 Å². The SMILES string of the molecule is CCC(C)CCCCCCCCCCCCCCCCCCCCC(=O)OC[C@H](COP(=O)(O)OC[C@@H](O)COP(=O)(O)OC[C@@H](COC(=O)CCCCCCCCC(C)CC)OC(=O)CCCCCCCCCCCCCCCCCCCCC(C)C)OC(=O)CCCCCCCCCCCC(C)C. The molecule has 0 bridgehead atoms. The van der Waals surface area contributed by atoms with Crippen LogP contribution in [-0.4, -0.2) is 96.7 Å². The maximum atomic E-state index is 13.1. The van der Waals surface area contributed by atoms with Crippen molar-refractivity contribution in [3.63, 3.8) is 0 Å². The molecule has 19 heteroatoms. The zero-order valence-corrected chi connectivity index (χ0v) is 71.2. The molecule has 0 amide bonds. The van der Waals surface area contributed by atoms with E-state index < -0.39 is 97.5 Å². The molecule has 0 heterocycles. The van der Waals surface area contributed by atoms with Gasteiger partial charge in [-0.25, -0.2) is 9.13 Å². The Bertz CT molecular complexity index is 2050. The molecule has 0 rings (SSSR count). The minimum atomic E-state index is -4.96. The smallest absolute Gasteiger partial charge is 0.462 e. The average molecular weight is 1540 g/mol. The van der Waals surface area contributed by atoms with Crippen LogP contribution in [0.3, 0.4) is 0 Å². The van der Waals surface area contributed by atoms with Crippen molar-refractivity contribution in [1.82, 2.24) is 0 Å². The maximum Gasteiger partial charge on any atom is 0.472 e. The lowest BCUT2D eigenvalue weighted by Crippen LogP contribution is -2.30. The van der Waals surface area contributed by atoms with Gasteiger partial charge in [-0.1, -0.05) is 396 Å². The maximum absolute atomic E-state index is 13.1. The van der Waals surface area contributed by atoms with Gasteiger partial charge in [0.25, 0.3) is 0 Å². The van der Waals surface area contributed by atoms with Gasteiger partial charge < -0.3 is 33.8 Å². The second-order valence-corrected chi connectivity index (χ2v) is 35.3. The van der Waals surface area contributed by atoms with Gasteiger partial charge in [-0.05, 0) is 49.4 Å². The lowest BCUT2D eigenvalue weighted by atomic mass is 9.99. The van der Waals surface area contributed by atoms with E-state index in [2.05, 4.69) is 55.4 Å². The molecule has 105 heavy (non-hydrogen) atoms. The van der Waals surface area contributed by atoms with Crippen LogP contribution >= 0.6 is 15.6 Å². The van der Waals surface area contributed by atoms with E-state index >= 15 is 0 Å². The summed E-state index contributed by atoms with van der Waals surface area (Å²) in [5.74, 6) is 1.05. The molecule has 0 aliphatic carbocycles. The number of esters is 4. The molecule has 0 aromatic heterocycles. The van der Waals surface area contributed by atoms with Crippen molar-refractivity contribution in [1.29, 1.82) is 0 Å². The number of carbonyl (C=O) groups excluding carboxylic acids is 4. The quantitative estimate of drug-likeness (QED) is 0.0222. The molecule has 624 valence electrons. The number of ether oxygens (including phenoxy) is 4. The van der Waals surface area contributed by atoms with Gasteiger partial charge in [-0.2, -0.15) is 0 Å². The van der Waals surface area contributed by atoms with Crippen LogP contribution in [0.4, 0.5) is 0 Å². The van der Waals surface area contributed by atoms with Crippen LogP contribution < -0.4 is 0 Å². The summed E-state index contributed by atoms with van der Waals surface area (Å²) in [5, 5.41) is 10.7. The van der Waals surface area contributed by atoms with Gasteiger partial charge in [-0.3, -0.25) is 37.3 Å². The lowest BCUT2D eigenvalue weighted by Gasteiger charge is -2.21. The minimum Gasteiger partial charge on any atom is -0.462 e. The molecule has 0 spiro atoms. The summed E-state index contributed by atoms with van der Waals surface area (Å²) in [4.78, 5) is 73.1. The molecule has 3 N–H and O–H groups in total. The van der Waals surface area contributed by atoms with Crippen molar-refractivity contribution in [2.45, 2.75) is 465 Å². The number of phosphoric acid groups is 2. The highest BCUT2D eigenvalue weighted by Crippen LogP contribution is 2.45. The van der Waals surface area contributed by atoms with Crippen LogP contribution in [0.5, 0.6) is 0 Å². The van der Waals surface area contributed by atoms with E-state index in [4.69, 9.17) is 37.0 Å². The summed E-state index contributed by atoms with van der Waals surface area (Å²) in [6.07, 6.45) is 64.1. The molecule has 0 fully saturated rings. The molecule has 0 aliphatic rings. The predicted octanol–water partition coefficient (Wildman–Crippen LogP) is 25.9. The topological polar surface area (TPSA) is 237 Å². The fourth-order valence-corrected chi connectivity index (χ4v) is 14.8. The summed E-state index contributed by atoms with van der Waals surface area (Å²) < 4.78 is 68.8. The molecule has 4 unspecified atom stereocenters. The predicted molar refractivity (Wildman–Crippen MR) is 432 cm³/mol. The van der Waals surface area contributed by atoms with E-state index in [1.807, 2.05) is 0 Å². The van der Waals surface area contributed by atoms with Crippen LogP contribution in [0.1, 0.15) is 447 Å². The first-order valence-corrected chi connectivity index (χ1v) is 47.3. The first kappa shape index (κ1) is 103. The van der Waals surface area contributed by atoms with Crippen molar-refractivity contribution >= 4 is 39.5 Å². The number of phosphoric ester groups is 2. The van der Waals surface area contributed by atoms with Gasteiger partial charge in [0.2, 0.25) is 0 Å². The van der Waals surface area contributed by atoms with Crippen molar-refractivity contribution in [2.24, 2.45) is 23.7 Å². The first-order valence-electron chi connectivity index (χ1n) is 44.3. The third-order valence-corrected chi connectivity index (χ3v) is 22.7. The van der Waals surface area contributed by atoms with Gasteiger partial charge in [0.15, 0.2) is 12.2 Å². The number of rotatable bonds is 83. The van der Waals surface area contributed by atoms with Gasteiger partial charge >= 0.3 is 39.5 Å². The molecule has 0 aromatic rings. The van der Waals surface area contributed by atoms with E-state index in [-0.39, 0.29) is 25.7 Å². The van der Waals surface area contributed by atoms with Crippen LogP contribution in [0.2, 0.25) is 0 Å². The zero-order chi connectivity index (χ0) is 77.4. The van der Waals surface area contributed by atoms with Gasteiger partial charge in [0.1, 0.15) is 19.3 Å². The summed E-state index contributed by atoms with van der Waals surface area (Å²) in [6, 6.07) is 0. The van der Waals surface area contributed by atoms with Crippen LogP contribution in [0.15, 0.2) is 0 Å². The molecule has 7 atom stereocenters. The highest BCUT2D eigenvalue weighted by atomic mass is 31.2. The number of unbranched alkanes of at least 4 members (excludes halogenated alkanes) is 47. The van der Waals surface area contributed by atoms with Crippen molar-refractivity contribution in [3.8, 4) is 0 Å². The summed E-state index contributed by atoms with van der Waals surface area (Å²) in [7, 11) is -9.93. The average Bonchev–Trinajstić information content (AvgIpc) is 0.907. The highest BCUT2D eigenvalue weighted by molar-refractivity contribution is 7.47. The first-order chi connectivity index (χ1) is 50.7. The Morgan fingerprint density at radius 2 is 0.457 bits per heavy atom. The van der Waals surface area contributed by atoms with Crippen molar-refractivity contribution in [3.05, 3.63) is 0 Å². The van der Waals surface area contributed by atoms with Crippen LogP contribution in [0, 0.1) is 23.7 Å². The van der Waals surface area contributed by atoms with Gasteiger partial charge in [-0.15, -0.1) is 0 Å². The Morgan fingerprint density at radius 3 is 0.676 bits per heavy atom. The second kappa shape index (κ2) is 74.8. The Hall–Kier alpha value is -1.94. The van der Waals surface area contributed by atoms with E-state index in [1.165, 1.54) is 244 Å². The summed E-state index contributed by atoms with van der Waals surface area (Å²) >= 11 is 0. The van der Waals surface area contributed by atoms with E-state index in [1.54, 1.807) is 0 Å². The fourth-order valence-electron chi connectivity index (χ4n) is 13.3. The normalized spacial score (nSPS) is 14.4. The van der Waals surface area contributed by atoms with E-state index in [0.717, 1.165) is 120 Å². The molecule has 0 saturated carbocycles. The minimum absolute atomic E-state index is 0.106. The summed E-state index contributed by atoms with van der Waals surface area (Å²) in [6.45, 7) is 14.3. The molecule has 0 aliphatic heterocycles. The molecular weight excluding hydrogens is 1370 g/mol. The van der Waals surface area contributed by atoms with Gasteiger partial charge in [0, 0.05) is 25.7 Å². The Balaban J connectivity index is 5.14. The van der Waals surface area contributed by atoms with E-state index in [0.29, 0.717) is 25.7 Å². The summed E-state index contributed by atoms with van der Waals surface area (Å²) in [5.41, 5.74) is 0. The number of hydrogen-bond donors (Lipinski definition) is 3. The Kier molecular flexibility index (Phi) is 73.4. The zero-order valence-electron chi connectivity index (χ0n) is 69.4. The number of aliphatic hydroxyl groups excluding tert-OH is 1. The molecule has 17 nitrogen and oxygen atoms in total. The fraction of sp³-hybridized carbons (Fsp3) is 0.953. The number of carbonyl (C=O) groups is 4. The molecule has 0 saturated heterocycles. The van der Waals surface area contributed by atoms with Crippen molar-refractivity contribution < 1.29 is 80.2 Å². The van der Waals surface area contributed by atoms with Gasteiger partial charge in [0.05, 0.1) is 26.4 Å². The van der Waals surface area contributed by atoms with Crippen molar-refractivity contribution in [2.75, 3.05) is 39.6 Å². The number of hydrogen-bond acceptors (Lipinski definition) is 15. The third-order valence-electron chi connectivity index (χ3n) is 20.8.